The van der Waals surface area contributed by atoms with Crippen LogP contribution in [0.3, 0.4) is 0 Å². The Morgan fingerprint density at radius 1 is 1.24 bits per heavy atom. The molecule has 5 heteroatoms. The first-order valence-electron chi connectivity index (χ1n) is 5.59. The second kappa shape index (κ2) is 6.28. The van der Waals surface area contributed by atoms with E-state index in [-0.39, 0.29) is 18.4 Å². The smallest absolute Gasteiger partial charge is 0.163 e. The second-order valence-electron chi connectivity index (χ2n) is 4.10. The summed E-state index contributed by atoms with van der Waals surface area (Å²) in [6.45, 7) is 5.47. The van der Waals surface area contributed by atoms with Crippen LogP contribution in [0, 0.1) is 11.6 Å². The normalized spacial score (nSPS) is 18.5. The molecule has 2 rings (SSSR count). The van der Waals surface area contributed by atoms with Crippen LogP contribution in [0.5, 0.6) is 0 Å². The molecule has 1 fully saturated rings. The molecular weight excluding hydrogens is 246 g/mol. The lowest BCUT2D eigenvalue weighted by atomic mass is 10.1. The van der Waals surface area contributed by atoms with Crippen molar-refractivity contribution in [3.8, 4) is 0 Å². The van der Waals surface area contributed by atoms with Crippen molar-refractivity contribution in [1.29, 1.82) is 0 Å². The number of halogens is 3. The van der Waals surface area contributed by atoms with Crippen LogP contribution in [0.4, 0.5) is 8.78 Å². The van der Waals surface area contributed by atoms with E-state index in [1.807, 2.05) is 6.92 Å². The van der Waals surface area contributed by atoms with Crippen molar-refractivity contribution in [3.63, 3.8) is 0 Å². The van der Waals surface area contributed by atoms with Crippen LogP contribution < -0.4 is 5.32 Å². The van der Waals surface area contributed by atoms with Crippen LogP contribution in [0.2, 0.25) is 0 Å². The van der Waals surface area contributed by atoms with E-state index in [0.29, 0.717) is 5.56 Å². The van der Waals surface area contributed by atoms with Crippen LogP contribution in [0.15, 0.2) is 18.2 Å². The minimum absolute atomic E-state index is 0. The minimum Gasteiger partial charge on any atom is -0.314 e. The van der Waals surface area contributed by atoms with Gasteiger partial charge in [-0.1, -0.05) is 12.1 Å². The molecule has 1 saturated heterocycles. The van der Waals surface area contributed by atoms with Crippen LogP contribution in [0.25, 0.3) is 0 Å². The molecule has 1 aromatic rings. The Morgan fingerprint density at radius 2 is 1.88 bits per heavy atom. The molecule has 0 radical (unpaired) electrons. The fraction of sp³-hybridized carbons (Fsp3) is 0.500. The SMILES string of the molecule is C[C@H](c1cccc(F)c1F)N1CCNCC1.Cl. The maximum atomic E-state index is 13.6. The zero-order valence-corrected chi connectivity index (χ0v) is 10.6. The minimum atomic E-state index is -0.764. The topological polar surface area (TPSA) is 15.3 Å². The quantitative estimate of drug-likeness (QED) is 0.880. The summed E-state index contributed by atoms with van der Waals surface area (Å²) >= 11 is 0. The van der Waals surface area contributed by atoms with Crippen LogP contribution in [0.1, 0.15) is 18.5 Å². The Hall–Kier alpha value is -0.710. The summed E-state index contributed by atoms with van der Waals surface area (Å²) in [4.78, 5) is 2.16. The number of hydrogen-bond donors (Lipinski definition) is 1. The molecule has 1 aliphatic heterocycles. The molecule has 17 heavy (non-hydrogen) atoms. The van der Waals surface area contributed by atoms with E-state index in [0.717, 1.165) is 32.2 Å². The molecule has 0 spiro atoms. The van der Waals surface area contributed by atoms with Gasteiger partial charge in [-0.2, -0.15) is 0 Å². The highest BCUT2D eigenvalue weighted by atomic mass is 35.5. The third kappa shape index (κ3) is 3.15. The lowest BCUT2D eigenvalue weighted by Crippen LogP contribution is -2.44. The highest BCUT2D eigenvalue weighted by Gasteiger charge is 2.21. The Morgan fingerprint density at radius 3 is 2.53 bits per heavy atom. The average molecular weight is 263 g/mol. The predicted octanol–water partition coefficient (Wildman–Crippen LogP) is 2.35. The molecule has 96 valence electrons. The van der Waals surface area contributed by atoms with E-state index >= 15 is 0 Å². The Kier molecular flexibility index (Phi) is 5.31. The van der Waals surface area contributed by atoms with Gasteiger partial charge in [0.25, 0.3) is 0 Å². The van der Waals surface area contributed by atoms with Crippen molar-refractivity contribution in [2.75, 3.05) is 26.2 Å². The number of benzene rings is 1. The molecule has 0 aliphatic carbocycles. The summed E-state index contributed by atoms with van der Waals surface area (Å²) in [7, 11) is 0. The van der Waals surface area contributed by atoms with Crippen LogP contribution in [-0.4, -0.2) is 31.1 Å². The highest BCUT2D eigenvalue weighted by Crippen LogP contribution is 2.24. The molecule has 0 unspecified atom stereocenters. The Bertz CT molecular complexity index is 368. The number of rotatable bonds is 2. The third-order valence-electron chi connectivity index (χ3n) is 3.13. The van der Waals surface area contributed by atoms with Gasteiger partial charge < -0.3 is 5.32 Å². The molecule has 1 aromatic carbocycles. The number of nitrogens with zero attached hydrogens (tertiary/aromatic N) is 1. The zero-order valence-electron chi connectivity index (χ0n) is 9.75. The van der Waals surface area contributed by atoms with Gasteiger partial charge in [-0.25, -0.2) is 8.78 Å². The van der Waals surface area contributed by atoms with Crippen molar-refractivity contribution >= 4 is 12.4 Å². The molecular formula is C12H17ClF2N2. The van der Waals surface area contributed by atoms with E-state index in [4.69, 9.17) is 0 Å². The Balaban J connectivity index is 0.00000144. The van der Waals surface area contributed by atoms with Gasteiger partial charge in [0.1, 0.15) is 0 Å². The van der Waals surface area contributed by atoms with Gasteiger partial charge in [0.05, 0.1) is 0 Å². The number of piperazine rings is 1. The largest absolute Gasteiger partial charge is 0.314 e. The summed E-state index contributed by atoms with van der Waals surface area (Å²) in [5.74, 6) is -1.48. The number of nitrogens with one attached hydrogen (secondary N) is 1. The molecule has 0 aromatic heterocycles. The summed E-state index contributed by atoms with van der Waals surface area (Å²) in [5, 5.41) is 3.24. The Labute approximate surface area is 106 Å². The molecule has 0 bridgehead atoms. The first kappa shape index (κ1) is 14.4. The fourth-order valence-corrected chi connectivity index (χ4v) is 2.11. The third-order valence-corrected chi connectivity index (χ3v) is 3.13. The van der Waals surface area contributed by atoms with Gasteiger partial charge in [0.15, 0.2) is 11.6 Å². The van der Waals surface area contributed by atoms with Crippen molar-refractivity contribution < 1.29 is 8.78 Å². The van der Waals surface area contributed by atoms with Gasteiger partial charge >= 0.3 is 0 Å². The maximum Gasteiger partial charge on any atom is 0.163 e. The van der Waals surface area contributed by atoms with Crippen molar-refractivity contribution in [1.82, 2.24) is 10.2 Å². The van der Waals surface area contributed by atoms with Crippen LogP contribution >= 0.6 is 12.4 Å². The predicted molar refractivity (Wildman–Crippen MR) is 66.5 cm³/mol. The van der Waals surface area contributed by atoms with E-state index in [1.165, 1.54) is 0 Å². The summed E-state index contributed by atoms with van der Waals surface area (Å²) in [6.07, 6.45) is 0. The molecule has 0 amide bonds. The van der Waals surface area contributed by atoms with Gasteiger partial charge in [0, 0.05) is 37.8 Å². The summed E-state index contributed by atoms with van der Waals surface area (Å²) in [5.41, 5.74) is 0.446. The highest BCUT2D eigenvalue weighted by molar-refractivity contribution is 5.85. The lowest BCUT2D eigenvalue weighted by molar-refractivity contribution is 0.181. The van der Waals surface area contributed by atoms with Crippen LogP contribution in [-0.2, 0) is 0 Å². The second-order valence-corrected chi connectivity index (χ2v) is 4.10. The van der Waals surface area contributed by atoms with E-state index in [2.05, 4.69) is 10.2 Å². The summed E-state index contributed by atoms with van der Waals surface area (Å²) < 4.78 is 26.7. The first-order valence-corrected chi connectivity index (χ1v) is 5.59. The maximum absolute atomic E-state index is 13.6. The average Bonchev–Trinajstić information content (AvgIpc) is 2.33. The van der Waals surface area contributed by atoms with Crippen molar-refractivity contribution in [2.45, 2.75) is 13.0 Å². The summed E-state index contributed by atoms with van der Waals surface area (Å²) in [6, 6.07) is 4.30. The molecule has 1 aliphatic rings. The van der Waals surface area contributed by atoms with E-state index in [9.17, 15) is 8.78 Å². The van der Waals surface area contributed by atoms with Gasteiger partial charge in [0.2, 0.25) is 0 Å². The molecule has 1 N–H and O–H groups in total. The fourth-order valence-electron chi connectivity index (χ4n) is 2.11. The molecule has 1 atom stereocenters. The van der Waals surface area contributed by atoms with E-state index in [1.54, 1.807) is 12.1 Å². The molecule has 2 nitrogen and oxygen atoms in total. The monoisotopic (exact) mass is 262 g/mol. The zero-order chi connectivity index (χ0) is 11.5. The molecule has 1 heterocycles. The number of hydrogen-bond acceptors (Lipinski definition) is 2. The van der Waals surface area contributed by atoms with Crippen molar-refractivity contribution in [3.05, 3.63) is 35.4 Å². The van der Waals surface area contributed by atoms with Gasteiger partial charge in [-0.3, -0.25) is 4.90 Å². The van der Waals surface area contributed by atoms with Crippen molar-refractivity contribution in [2.24, 2.45) is 0 Å². The van der Waals surface area contributed by atoms with E-state index < -0.39 is 11.6 Å². The standard InChI is InChI=1S/C12H16F2N2.ClH/c1-9(16-7-5-15-6-8-16)10-3-2-4-11(13)12(10)14;/h2-4,9,15H,5-8H2,1H3;1H/t9-;/m1./s1. The lowest BCUT2D eigenvalue weighted by Gasteiger charge is -2.33. The molecule has 0 saturated carbocycles. The van der Waals surface area contributed by atoms with Gasteiger partial charge in [-0.05, 0) is 13.0 Å². The van der Waals surface area contributed by atoms with Gasteiger partial charge in [-0.15, -0.1) is 12.4 Å². The first-order chi connectivity index (χ1) is 7.70.